The minimum atomic E-state index is -1.17. The molecule has 1 aliphatic heterocycles. The molecular weight excluding hydrogens is 414 g/mol. The SMILES string of the molecule is CCC1CCOC(=O)N1Cc1ccc(-c2nc3cc(F)ccc3s2)cc1.O=[PH+]O. The summed E-state index contributed by atoms with van der Waals surface area (Å²) in [6.07, 6.45) is 1.57. The zero-order valence-corrected chi connectivity index (χ0v) is 17.6. The van der Waals surface area contributed by atoms with Crippen molar-refractivity contribution in [3.8, 4) is 10.6 Å². The van der Waals surface area contributed by atoms with Crippen LogP contribution in [0.15, 0.2) is 42.5 Å². The van der Waals surface area contributed by atoms with Gasteiger partial charge in [0.15, 0.2) is 0 Å². The fourth-order valence-electron chi connectivity index (χ4n) is 3.26. The Hall–Kier alpha value is -2.41. The lowest BCUT2D eigenvalue weighted by molar-refractivity contribution is 0.0394. The van der Waals surface area contributed by atoms with Crippen molar-refractivity contribution in [1.29, 1.82) is 0 Å². The largest absolute Gasteiger partial charge is 0.491 e. The van der Waals surface area contributed by atoms with Gasteiger partial charge in [0.25, 0.3) is 0 Å². The molecule has 1 saturated heterocycles. The second-order valence-corrected chi connectivity index (χ2v) is 7.73. The van der Waals surface area contributed by atoms with Gasteiger partial charge in [-0.15, -0.1) is 11.3 Å². The first kappa shape index (κ1) is 21.3. The van der Waals surface area contributed by atoms with Gasteiger partial charge in [-0.25, -0.2) is 14.2 Å². The summed E-state index contributed by atoms with van der Waals surface area (Å²) in [5.41, 5.74) is 2.72. The highest BCUT2D eigenvalue weighted by Crippen LogP contribution is 2.31. The number of halogens is 1. The Balaban J connectivity index is 0.000000755. The summed E-state index contributed by atoms with van der Waals surface area (Å²) in [5.74, 6) is -0.274. The maximum Gasteiger partial charge on any atom is 0.491 e. The topological polar surface area (TPSA) is 79.7 Å². The van der Waals surface area contributed by atoms with Crippen LogP contribution in [0.5, 0.6) is 0 Å². The van der Waals surface area contributed by atoms with Gasteiger partial charge >= 0.3 is 14.8 Å². The molecule has 1 N–H and O–H groups in total. The van der Waals surface area contributed by atoms with Crippen LogP contribution in [0.3, 0.4) is 0 Å². The molecular formula is C20H21FN2O4PS+. The Morgan fingerprint density at radius 1 is 1.31 bits per heavy atom. The van der Waals surface area contributed by atoms with E-state index in [0.717, 1.165) is 33.7 Å². The van der Waals surface area contributed by atoms with Gasteiger partial charge in [-0.05, 0) is 28.7 Å². The van der Waals surface area contributed by atoms with Crippen LogP contribution >= 0.6 is 20.0 Å². The lowest BCUT2D eigenvalue weighted by Gasteiger charge is -2.34. The lowest BCUT2D eigenvalue weighted by Crippen LogP contribution is -2.44. The van der Waals surface area contributed by atoms with E-state index in [1.165, 1.54) is 12.1 Å². The standard InChI is InChI=1S/C20H19FN2O2S.HO2P/c1-2-16-9-10-25-20(24)23(16)12-13-3-5-14(6-4-13)19-22-17-11-15(21)7-8-18(17)26-19;1-3-2/h3-8,11,16H,2,9-10,12H2,1H3;3H/p+1. The number of thiazole rings is 1. The second kappa shape index (κ2) is 9.87. The number of carbonyl (C=O) groups is 1. The van der Waals surface area contributed by atoms with Gasteiger partial charge < -0.3 is 9.64 Å². The zero-order valence-electron chi connectivity index (χ0n) is 15.8. The summed E-state index contributed by atoms with van der Waals surface area (Å²) in [7, 11) is -1.17. The van der Waals surface area contributed by atoms with E-state index in [1.807, 2.05) is 24.3 Å². The van der Waals surface area contributed by atoms with E-state index < -0.39 is 8.69 Å². The zero-order chi connectivity index (χ0) is 20.8. The molecule has 1 aliphatic rings. The Kier molecular flexibility index (Phi) is 7.25. The van der Waals surface area contributed by atoms with Crippen LogP contribution in [0.25, 0.3) is 20.8 Å². The molecule has 1 amide bonds. The highest BCUT2D eigenvalue weighted by Gasteiger charge is 2.28. The molecule has 1 fully saturated rings. The summed E-state index contributed by atoms with van der Waals surface area (Å²) in [5, 5.41) is 0.862. The minimum Gasteiger partial charge on any atom is -0.449 e. The molecule has 6 nitrogen and oxygen atoms in total. The average molecular weight is 435 g/mol. The third-order valence-electron chi connectivity index (χ3n) is 4.73. The molecule has 0 spiro atoms. The van der Waals surface area contributed by atoms with Crippen molar-refractivity contribution >= 4 is 36.3 Å². The molecule has 0 bridgehead atoms. The molecule has 2 aromatic carbocycles. The van der Waals surface area contributed by atoms with Crippen LogP contribution in [0.2, 0.25) is 0 Å². The molecule has 0 aliphatic carbocycles. The van der Waals surface area contributed by atoms with E-state index in [-0.39, 0.29) is 18.0 Å². The Bertz CT molecular complexity index is 996. The Morgan fingerprint density at radius 2 is 2.03 bits per heavy atom. The summed E-state index contributed by atoms with van der Waals surface area (Å²) < 4.78 is 28.0. The maximum absolute atomic E-state index is 13.3. The van der Waals surface area contributed by atoms with E-state index >= 15 is 0 Å². The first-order valence-corrected chi connectivity index (χ1v) is 10.8. The van der Waals surface area contributed by atoms with Crippen molar-refractivity contribution in [2.24, 2.45) is 0 Å². The number of benzene rings is 2. The predicted molar refractivity (Wildman–Crippen MR) is 112 cm³/mol. The number of nitrogens with zero attached hydrogens (tertiary/aromatic N) is 2. The number of aromatic nitrogens is 1. The number of fused-ring (bicyclic) bond motifs is 1. The number of carbonyl (C=O) groups excluding carboxylic acids is 1. The fourth-order valence-corrected chi connectivity index (χ4v) is 4.21. The molecule has 0 saturated carbocycles. The Labute approximate surface area is 173 Å². The van der Waals surface area contributed by atoms with E-state index in [4.69, 9.17) is 14.2 Å². The molecule has 0 radical (unpaired) electrons. The van der Waals surface area contributed by atoms with Gasteiger partial charge in [0.2, 0.25) is 0 Å². The quantitative estimate of drug-likeness (QED) is 0.574. The molecule has 9 heteroatoms. The van der Waals surface area contributed by atoms with Crippen molar-refractivity contribution in [3.63, 3.8) is 0 Å². The first-order chi connectivity index (χ1) is 14.0. The third-order valence-corrected chi connectivity index (χ3v) is 5.81. The molecule has 2 heterocycles. The van der Waals surface area contributed by atoms with E-state index in [0.29, 0.717) is 18.7 Å². The minimum absolute atomic E-state index is 0.232. The van der Waals surface area contributed by atoms with E-state index in [1.54, 1.807) is 22.3 Å². The smallest absolute Gasteiger partial charge is 0.449 e. The maximum atomic E-state index is 13.3. The predicted octanol–water partition coefficient (Wildman–Crippen LogP) is 5.14. The third kappa shape index (κ3) is 5.15. The first-order valence-electron chi connectivity index (χ1n) is 9.15. The fraction of sp³-hybridized carbons (Fsp3) is 0.300. The van der Waals surface area contributed by atoms with Crippen LogP contribution in [-0.2, 0) is 15.8 Å². The van der Waals surface area contributed by atoms with Gasteiger partial charge in [0.05, 0.1) is 16.8 Å². The highest BCUT2D eigenvalue weighted by molar-refractivity contribution is 7.21. The van der Waals surface area contributed by atoms with E-state index in [2.05, 4.69) is 11.9 Å². The monoisotopic (exact) mass is 435 g/mol. The molecule has 1 aromatic heterocycles. The summed E-state index contributed by atoms with van der Waals surface area (Å²) in [4.78, 5) is 25.4. The number of hydrogen-bond donors (Lipinski definition) is 1. The van der Waals surface area contributed by atoms with Crippen LogP contribution in [0.4, 0.5) is 9.18 Å². The van der Waals surface area contributed by atoms with Gasteiger partial charge in [-0.2, -0.15) is 4.89 Å². The number of hydrogen-bond acceptors (Lipinski definition) is 5. The van der Waals surface area contributed by atoms with Crippen molar-refractivity contribution in [2.45, 2.75) is 32.4 Å². The van der Waals surface area contributed by atoms with Crippen LogP contribution in [-0.4, -0.2) is 33.5 Å². The summed E-state index contributed by atoms with van der Waals surface area (Å²) in [6.45, 7) is 3.14. The summed E-state index contributed by atoms with van der Waals surface area (Å²) in [6, 6.07) is 12.9. The molecule has 29 heavy (non-hydrogen) atoms. The average Bonchev–Trinajstić information content (AvgIpc) is 3.14. The molecule has 4 rings (SSSR count). The lowest BCUT2D eigenvalue weighted by atomic mass is 10.1. The molecule has 2 atom stereocenters. The van der Waals surface area contributed by atoms with Gasteiger partial charge in [0.1, 0.15) is 10.8 Å². The summed E-state index contributed by atoms with van der Waals surface area (Å²) >= 11 is 1.54. The van der Waals surface area contributed by atoms with Crippen molar-refractivity contribution in [1.82, 2.24) is 9.88 Å². The highest BCUT2D eigenvalue weighted by atomic mass is 32.1. The van der Waals surface area contributed by atoms with Crippen LogP contribution < -0.4 is 0 Å². The van der Waals surface area contributed by atoms with Crippen LogP contribution in [0, 0.1) is 5.82 Å². The van der Waals surface area contributed by atoms with Gasteiger partial charge in [0, 0.05) is 30.6 Å². The van der Waals surface area contributed by atoms with Gasteiger partial charge in [-0.3, -0.25) is 0 Å². The number of rotatable bonds is 4. The molecule has 152 valence electrons. The Morgan fingerprint density at radius 3 is 2.72 bits per heavy atom. The van der Waals surface area contributed by atoms with Gasteiger partial charge in [-0.1, -0.05) is 31.2 Å². The normalized spacial score (nSPS) is 16.4. The van der Waals surface area contributed by atoms with Crippen molar-refractivity contribution in [2.75, 3.05) is 6.61 Å². The second-order valence-electron chi connectivity index (χ2n) is 6.51. The van der Waals surface area contributed by atoms with E-state index in [9.17, 15) is 9.18 Å². The molecule has 3 aromatic rings. The number of ether oxygens (including phenoxy) is 1. The number of cyclic esters (lactones) is 1. The molecule has 2 unspecified atom stereocenters. The van der Waals surface area contributed by atoms with Crippen molar-refractivity contribution < 1.29 is 23.4 Å². The van der Waals surface area contributed by atoms with Crippen molar-refractivity contribution in [3.05, 3.63) is 53.8 Å². The van der Waals surface area contributed by atoms with Crippen LogP contribution in [0.1, 0.15) is 25.3 Å². The number of amides is 1.